The highest BCUT2D eigenvalue weighted by atomic mass is 32.2. The quantitative estimate of drug-likeness (QED) is 0.289. The number of rotatable bonds is 7. The van der Waals surface area contributed by atoms with E-state index in [4.69, 9.17) is 8.92 Å². The zero-order valence-corrected chi connectivity index (χ0v) is 18.5. The molecule has 0 saturated heterocycles. The number of esters is 1. The highest BCUT2D eigenvalue weighted by Crippen LogP contribution is 2.42. The van der Waals surface area contributed by atoms with Crippen LogP contribution in [0.25, 0.3) is 0 Å². The Morgan fingerprint density at radius 1 is 1.06 bits per heavy atom. The van der Waals surface area contributed by atoms with Crippen LogP contribution >= 0.6 is 0 Å². The minimum absolute atomic E-state index is 0.0114. The SMILES string of the molecule is CCOC(=O)C1=C(C)NC(C)=C([N+](=O)[O-])C1c1ccccc1OS(=O)(=O)c1ccccc1. The highest BCUT2D eigenvalue weighted by Gasteiger charge is 2.42. The Bertz CT molecular complexity index is 1220. The Kier molecular flexibility index (Phi) is 6.64. The minimum Gasteiger partial charge on any atom is -0.463 e. The largest absolute Gasteiger partial charge is 0.463 e. The van der Waals surface area contributed by atoms with Crippen molar-refractivity contribution in [1.29, 1.82) is 0 Å². The molecular weight excluding hydrogens is 436 g/mol. The predicted octanol–water partition coefficient (Wildman–Crippen LogP) is 3.49. The molecule has 0 aromatic heterocycles. The third-order valence-electron chi connectivity index (χ3n) is 4.88. The maximum Gasteiger partial charge on any atom is 0.339 e. The number of carbonyl (C=O) groups is 1. The molecule has 168 valence electrons. The summed E-state index contributed by atoms with van der Waals surface area (Å²) in [5, 5.41) is 14.8. The predicted molar refractivity (Wildman–Crippen MR) is 116 cm³/mol. The molecule has 32 heavy (non-hydrogen) atoms. The molecule has 2 aromatic rings. The Morgan fingerprint density at radius 2 is 1.69 bits per heavy atom. The van der Waals surface area contributed by atoms with Crippen molar-refractivity contribution in [3.8, 4) is 5.75 Å². The van der Waals surface area contributed by atoms with Crippen molar-refractivity contribution >= 4 is 16.1 Å². The first-order chi connectivity index (χ1) is 15.2. The molecule has 10 heteroatoms. The van der Waals surface area contributed by atoms with Gasteiger partial charge >= 0.3 is 16.1 Å². The summed E-state index contributed by atoms with van der Waals surface area (Å²) in [4.78, 5) is 24.1. The Balaban J connectivity index is 2.18. The topological polar surface area (TPSA) is 125 Å². The molecule has 1 unspecified atom stereocenters. The average Bonchev–Trinajstić information content (AvgIpc) is 2.73. The van der Waals surface area contributed by atoms with Crippen LogP contribution in [-0.4, -0.2) is 25.9 Å². The van der Waals surface area contributed by atoms with Crippen molar-refractivity contribution in [2.75, 3.05) is 6.61 Å². The summed E-state index contributed by atoms with van der Waals surface area (Å²) in [6.07, 6.45) is 0. The summed E-state index contributed by atoms with van der Waals surface area (Å²) >= 11 is 0. The molecule has 0 bridgehead atoms. The summed E-state index contributed by atoms with van der Waals surface area (Å²) in [7, 11) is -4.22. The number of nitrogens with zero attached hydrogens (tertiary/aromatic N) is 1. The third-order valence-corrected chi connectivity index (χ3v) is 6.13. The van der Waals surface area contributed by atoms with E-state index in [9.17, 15) is 23.3 Å². The summed E-state index contributed by atoms with van der Waals surface area (Å²) < 4.78 is 36.2. The molecule has 1 atom stereocenters. The van der Waals surface area contributed by atoms with Crippen molar-refractivity contribution in [1.82, 2.24) is 5.32 Å². The minimum atomic E-state index is -4.22. The lowest BCUT2D eigenvalue weighted by Crippen LogP contribution is -2.32. The molecule has 1 aliphatic heterocycles. The van der Waals surface area contributed by atoms with E-state index in [1.165, 1.54) is 31.2 Å². The van der Waals surface area contributed by atoms with Crippen molar-refractivity contribution in [2.24, 2.45) is 0 Å². The van der Waals surface area contributed by atoms with Gasteiger partial charge in [-0.2, -0.15) is 8.42 Å². The second-order valence-corrected chi connectivity index (χ2v) is 8.52. The van der Waals surface area contributed by atoms with Gasteiger partial charge in [0.2, 0.25) is 0 Å². The Labute approximate surface area is 185 Å². The number of hydrogen-bond donors (Lipinski definition) is 1. The first-order valence-corrected chi connectivity index (χ1v) is 11.2. The van der Waals surface area contributed by atoms with Gasteiger partial charge in [0.05, 0.1) is 22.8 Å². The Hall–Kier alpha value is -3.66. The fraction of sp³-hybridized carbons (Fsp3) is 0.227. The van der Waals surface area contributed by atoms with Crippen LogP contribution in [0.15, 0.2) is 82.2 Å². The lowest BCUT2D eigenvalue weighted by Gasteiger charge is -2.27. The normalized spacial score (nSPS) is 16.4. The smallest absolute Gasteiger partial charge is 0.339 e. The summed E-state index contributed by atoms with van der Waals surface area (Å²) in [6, 6.07) is 13.5. The van der Waals surface area contributed by atoms with Gasteiger partial charge in [-0.25, -0.2) is 4.79 Å². The van der Waals surface area contributed by atoms with Crippen LogP contribution in [0.3, 0.4) is 0 Å². The average molecular weight is 458 g/mol. The maximum atomic E-state index is 12.8. The first-order valence-electron chi connectivity index (χ1n) is 9.76. The number of allylic oxidation sites excluding steroid dienone is 3. The number of benzene rings is 2. The van der Waals surface area contributed by atoms with Crippen LogP contribution < -0.4 is 9.50 Å². The van der Waals surface area contributed by atoms with E-state index in [2.05, 4.69) is 5.32 Å². The maximum absolute atomic E-state index is 12.8. The van der Waals surface area contributed by atoms with Crippen LogP contribution in [0.2, 0.25) is 0 Å². The van der Waals surface area contributed by atoms with Crippen LogP contribution in [0.4, 0.5) is 0 Å². The number of para-hydroxylation sites is 1. The molecule has 0 spiro atoms. The molecule has 0 amide bonds. The van der Waals surface area contributed by atoms with Gasteiger partial charge in [0.25, 0.3) is 5.70 Å². The van der Waals surface area contributed by atoms with Gasteiger partial charge in [0, 0.05) is 11.3 Å². The number of carbonyl (C=O) groups excluding carboxylic acids is 1. The van der Waals surface area contributed by atoms with Crippen LogP contribution in [0, 0.1) is 10.1 Å². The van der Waals surface area contributed by atoms with Crippen molar-refractivity contribution in [2.45, 2.75) is 31.6 Å². The lowest BCUT2D eigenvalue weighted by molar-refractivity contribution is -0.431. The van der Waals surface area contributed by atoms with Gasteiger partial charge in [-0.3, -0.25) is 10.1 Å². The Morgan fingerprint density at radius 3 is 2.31 bits per heavy atom. The van der Waals surface area contributed by atoms with Gasteiger partial charge in [0.1, 0.15) is 16.6 Å². The van der Waals surface area contributed by atoms with E-state index < -0.39 is 26.9 Å². The van der Waals surface area contributed by atoms with Crippen molar-refractivity contribution in [3.05, 3.63) is 92.9 Å². The fourth-order valence-corrected chi connectivity index (χ4v) is 4.53. The first kappa shape index (κ1) is 23.0. The standard InChI is InChI=1S/C22H22N2O7S/c1-4-30-22(25)19-14(2)23-15(3)21(24(26)27)20(19)17-12-8-9-13-18(17)31-32(28,29)16-10-6-5-7-11-16/h5-13,20,23H,4H2,1-3H3. The van der Waals surface area contributed by atoms with Crippen molar-refractivity contribution in [3.63, 3.8) is 0 Å². The van der Waals surface area contributed by atoms with Crippen LogP contribution in [0.5, 0.6) is 5.75 Å². The van der Waals surface area contributed by atoms with Gasteiger partial charge in [-0.15, -0.1) is 0 Å². The molecule has 0 radical (unpaired) electrons. The highest BCUT2D eigenvalue weighted by molar-refractivity contribution is 7.87. The number of hydrogen-bond acceptors (Lipinski definition) is 8. The zero-order valence-electron chi connectivity index (χ0n) is 17.7. The molecule has 1 heterocycles. The molecule has 0 fully saturated rings. The van der Waals surface area contributed by atoms with E-state index in [0.29, 0.717) is 5.70 Å². The molecular formula is C22H22N2O7S. The van der Waals surface area contributed by atoms with E-state index in [0.717, 1.165) is 0 Å². The van der Waals surface area contributed by atoms with Crippen LogP contribution in [0.1, 0.15) is 32.3 Å². The summed E-state index contributed by atoms with van der Waals surface area (Å²) in [5.74, 6) is -2.06. The number of nitro groups is 1. The number of ether oxygens (including phenoxy) is 1. The second-order valence-electron chi connectivity index (χ2n) is 6.97. The third kappa shape index (κ3) is 4.50. The van der Waals surface area contributed by atoms with Gasteiger partial charge < -0.3 is 14.2 Å². The molecule has 0 saturated carbocycles. The van der Waals surface area contributed by atoms with Gasteiger partial charge in [-0.1, -0.05) is 36.4 Å². The van der Waals surface area contributed by atoms with Gasteiger partial charge in [0.15, 0.2) is 0 Å². The zero-order chi connectivity index (χ0) is 23.5. The molecule has 0 aliphatic carbocycles. The second kappa shape index (κ2) is 9.23. The summed E-state index contributed by atoms with van der Waals surface area (Å²) in [6.45, 7) is 4.81. The van der Waals surface area contributed by atoms with Gasteiger partial charge in [-0.05, 0) is 39.0 Å². The molecule has 1 aliphatic rings. The lowest BCUT2D eigenvalue weighted by atomic mass is 9.83. The van der Waals surface area contributed by atoms with E-state index in [1.807, 2.05) is 0 Å². The summed E-state index contributed by atoms with van der Waals surface area (Å²) in [5.41, 5.74) is 0.467. The molecule has 3 rings (SSSR count). The van der Waals surface area contributed by atoms with E-state index in [1.54, 1.807) is 44.2 Å². The number of nitrogens with one attached hydrogen (secondary N) is 1. The monoisotopic (exact) mass is 458 g/mol. The van der Waals surface area contributed by atoms with Crippen molar-refractivity contribution < 1.29 is 27.1 Å². The number of dihydropyridines is 1. The molecule has 2 aromatic carbocycles. The fourth-order valence-electron chi connectivity index (χ4n) is 3.56. The van der Waals surface area contributed by atoms with Crippen LogP contribution in [-0.2, 0) is 19.6 Å². The van der Waals surface area contributed by atoms with E-state index >= 15 is 0 Å². The molecule has 9 nitrogen and oxygen atoms in total. The van der Waals surface area contributed by atoms with E-state index in [-0.39, 0.29) is 39.8 Å². The molecule has 1 N–H and O–H groups in total.